The van der Waals surface area contributed by atoms with Crippen LogP contribution in [0.25, 0.3) is 0 Å². The van der Waals surface area contributed by atoms with Crippen molar-refractivity contribution >= 4 is 0 Å². The van der Waals surface area contributed by atoms with Crippen molar-refractivity contribution in [2.45, 2.75) is 0 Å². The van der Waals surface area contributed by atoms with Crippen LogP contribution >= 0.6 is 0 Å². The zero-order chi connectivity index (χ0) is 8.65. The second-order valence-corrected chi connectivity index (χ2v) is 2.38. The van der Waals surface area contributed by atoms with Gasteiger partial charge in [0.25, 0.3) is 0 Å². The quantitative estimate of drug-likeness (QED) is 0.585. The molecule has 2 radical (unpaired) electrons. The summed E-state index contributed by atoms with van der Waals surface area (Å²) in [6.45, 7) is 3.60. The first-order chi connectivity index (χ1) is 5.93. The van der Waals surface area contributed by atoms with Gasteiger partial charge in [-0.1, -0.05) is 55.2 Å². The minimum absolute atomic E-state index is 0. The molecule has 0 spiro atoms. The molecular formula is C12H12Fe. The molecule has 2 aliphatic rings. The molecule has 0 N–H and O–H groups in total. The van der Waals surface area contributed by atoms with Gasteiger partial charge in [0, 0.05) is 29.9 Å². The summed E-state index contributed by atoms with van der Waals surface area (Å²) in [6.07, 6.45) is 19.9. The van der Waals surface area contributed by atoms with Crippen LogP contribution in [0, 0.1) is 12.8 Å². The first-order valence-corrected chi connectivity index (χ1v) is 3.94. The van der Waals surface area contributed by atoms with Crippen LogP contribution in [-0.2, 0) is 17.1 Å². The van der Waals surface area contributed by atoms with E-state index < -0.39 is 0 Å². The second kappa shape index (κ2) is 7.85. The maximum atomic E-state index is 3.60. The van der Waals surface area contributed by atoms with Crippen molar-refractivity contribution in [3.8, 4) is 0 Å². The van der Waals surface area contributed by atoms with E-state index >= 15 is 0 Å². The van der Waals surface area contributed by atoms with Crippen molar-refractivity contribution in [1.82, 2.24) is 0 Å². The Hall–Kier alpha value is -0.781. The van der Waals surface area contributed by atoms with Crippen molar-refractivity contribution in [3.05, 3.63) is 73.6 Å². The normalized spacial score (nSPS) is 15.8. The summed E-state index contributed by atoms with van der Waals surface area (Å²) in [5, 5.41) is 0. The second-order valence-electron chi connectivity index (χ2n) is 2.38. The maximum Gasteiger partial charge on any atom is 0.0124 e. The summed E-state index contributed by atoms with van der Waals surface area (Å²) in [5.74, 6) is 0. The predicted molar refractivity (Wildman–Crippen MR) is 54.3 cm³/mol. The molecular weight excluding hydrogens is 200 g/mol. The molecule has 0 aromatic heterocycles. The summed E-state index contributed by atoms with van der Waals surface area (Å²) in [7, 11) is 0. The van der Waals surface area contributed by atoms with E-state index in [1.165, 1.54) is 5.57 Å². The van der Waals surface area contributed by atoms with Gasteiger partial charge < -0.3 is 0 Å². The average molecular weight is 212 g/mol. The van der Waals surface area contributed by atoms with Crippen molar-refractivity contribution in [1.29, 1.82) is 0 Å². The molecule has 2 rings (SSSR count). The van der Waals surface area contributed by atoms with Crippen LogP contribution < -0.4 is 0 Å². The molecule has 1 heteroatoms. The average Bonchev–Trinajstić information content (AvgIpc) is 2.81. The van der Waals surface area contributed by atoms with E-state index in [9.17, 15) is 0 Å². The van der Waals surface area contributed by atoms with E-state index in [1.807, 2.05) is 61.4 Å². The van der Waals surface area contributed by atoms with E-state index in [0.717, 1.165) is 0 Å². The van der Waals surface area contributed by atoms with Gasteiger partial charge in [-0.2, -0.15) is 0 Å². The van der Waals surface area contributed by atoms with Crippen molar-refractivity contribution in [3.63, 3.8) is 0 Å². The molecule has 0 atom stereocenters. The third-order valence-corrected chi connectivity index (χ3v) is 1.48. The molecule has 0 bridgehead atoms. The Morgan fingerprint density at radius 3 is 1.85 bits per heavy atom. The number of rotatable bonds is 1. The largest absolute Gasteiger partial charge is 0.0988 e. The molecule has 0 unspecified atom stereocenters. The molecule has 0 aliphatic heterocycles. The fraction of sp³-hybridized carbons (Fsp3) is 0. The van der Waals surface area contributed by atoms with Crippen LogP contribution in [0.2, 0.25) is 0 Å². The van der Waals surface area contributed by atoms with E-state index in [4.69, 9.17) is 0 Å². The summed E-state index contributed by atoms with van der Waals surface area (Å²) in [4.78, 5) is 0. The van der Waals surface area contributed by atoms with Gasteiger partial charge in [0.15, 0.2) is 0 Å². The zero-order valence-corrected chi connectivity index (χ0v) is 8.44. The summed E-state index contributed by atoms with van der Waals surface area (Å²) >= 11 is 0. The molecule has 0 saturated heterocycles. The molecule has 0 aromatic rings. The third kappa shape index (κ3) is 5.46. The van der Waals surface area contributed by atoms with Crippen molar-refractivity contribution in [2.75, 3.05) is 0 Å². The molecule has 0 nitrogen and oxygen atoms in total. The molecule has 2 aliphatic carbocycles. The predicted octanol–water partition coefficient (Wildman–Crippen LogP) is 3.19. The Bertz CT molecular complexity index is 244. The van der Waals surface area contributed by atoms with Crippen molar-refractivity contribution < 1.29 is 17.1 Å². The summed E-state index contributed by atoms with van der Waals surface area (Å²) in [5.41, 5.74) is 1.19. The Morgan fingerprint density at radius 2 is 1.62 bits per heavy atom. The Kier molecular flexibility index (Phi) is 7.38. The summed E-state index contributed by atoms with van der Waals surface area (Å²) < 4.78 is 0. The SMILES string of the molecule is C=CC1=CC=C[CH]1.[CH]1C=CC=C1.[Fe]. The van der Waals surface area contributed by atoms with Crippen LogP contribution in [0.4, 0.5) is 0 Å². The van der Waals surface area contributed by atoms with E-state index in [2.05, 4.69) is 6.58 Å². The van der Waals surface area contributed by atoms with Crippen LogP contribution in [0.5, 0.6) is 0 Å². The molecule has 13 heavy (non-hydrogen) atoms. The van der Waals surface area contributed by atoms with Gasteiger partial charge >= 0.3 is 0 Å². The van der Waals surface area contributed by atoms with Gasteiger partial charge in [-0.15, -0.1) is 0 Å². The first-order valence-electron chi connectivity index (χ1n) is 3.94. The number of hydrogen-bond donors (Lipinski definition) is 0. The smallest absolute Gasteiger partial charge is 0.0124 e. The summed E-state index contributed by atoms with van der Waals surface area (Å²) in [6, 6.07) is 0. The Labute approximate surface area is 90.9 Å². The monoisotopic (exact) mass is 212 g/mol. The van der Waals surface area contributed by atoms with Crippen LogP contribution in [-0.4, -0.2) is 0 Å². The van der Waals surface area contributed by atoms with Gasteiger partial charge in [-0.25, -0.2) is 0 Å². The zero-order valence-electron chi connectivity index (χ0n) is 7.33. The topological polar surface area (TPSA) is 0 Å². The van der Waals surface area contributed by atoms with Gasteiger partial charge in [0.2, 0.25) is 0 Å². The first kappa shape index (κ1) is 12.2. The van der Waals surface area contributed by atoms with Gasteiger partial charge in [-0.05, 0) is 5.57 Å². The standard InChI is InChI=1S/C7H7.C5H5.Fe/c1-2-7-5-3-4-6-7;1-2-4-5-3-1;/h2-6H,1H2;1-5H;. The minimum Gasteiger partial charge on any atom is -0.0988 e. The van der Waals surface area contributed by atoms with Gasteiger partial charge in [0.05, 0.1) is 0 Å². The van der Waals surface area contributed by atoms with Crippen LogP contribution in [0.3, 0.4) is 0 Å². The van der Waals surface area contributed by atoms with Gasteiger partial charge in [-0.3, -0.25) is 0 Å². The Balaban J connectivity index is 0.000000215. The molecule has 68 valence electrons. The minimum atomic E-state index is 0. The van der Waals surface area contributed by atoms with Crippen LogP contribution in [0.1, 0.15) is 0 Å². The number of hydrogen-bond acceptors (Lipinski definition) is 0. The molecule has 0 amide bonds. The molecule has 0 aromatic carbocycles. The van der Waals surface area contributed by atoms with Crippen molar-refractivity contribution in [2.24, 2.45) is 0 Å². The van der Waals surface area contributed by atoms with E-state index in [0.29, 0.717) is 0 Å². The van der Waals surface area contributed by atoms with Gasteiger partial charge in [0.1, 0.15) is 0 Å². The van der Waals surface area contributed by atoms with E-state index in [-0.39, 0.29) is 17.1 Å². The fourth-order valence-corrected chi connectivity index (χ4v) is 0.846. The third-order valence-electron chi connectivity index (χ3n) is 1.48. The molecule has 0 heterocycles. The Morgan fingerprint density at radius 1 is 0.923 bits per heavy atom. The van der Waals surface area contributed by atoms with E-state index in [1.54, 1.807) is 0 Å². The molecule has 0 fully saturated rings. The maximum absolute atomic E-state index is 3.60. The van der Waals surface area contributed by atoms with Crippen LogP contribution in [0.15, 0.2) is 60.8 Å². The molecule has 0 saturated carbocycles. The fourth-order valence-electron chi connectivity index (χ4n) is 0.846. The number of allylic oxidation sites excluding steroid dienone is 9.